The van der Waals surface area contributed by atoms with Gasteiger partial charge in [-0.3, -0.25) is 9.59 Å². The number of hydrogen-bond acceptors (Lipinski definition) is 5. The van der Waals surface area contributed by atoms with E-state index in [1.807, 2.05) is 0 Å². The van der Waals surface area contributed by atoms with Crippen LogP contribution < -0.4 is 5.32 Å². The van der Waals surface area contributed by atoms with Gasteiger partial charge in [-0.05, 0) is 17.7 Å². The summed E-state index contributed by atoms with van der Waals surface area (Å²) in [6, 6.07) is 7.01. The molecule has 0 unspecified atom stereocenters. The molecule has 2 N–H and O–H groups in total. The molecule has 1 saturated heterocycles. The monoisotopic (exact) mass is 311 g/mol. The fraction of sp³-hybridized carbons (Fsp3) is 0.167. The zero-order chi connectivity index (χ0) is 14.5. The van der Waals surface area contributed by atoms with Crippen molar-refractivity contribution in [2.24, 2.45) is 10.2 Å². The van der Waals surface area contributed by atoms with Gasteiger partial charge in [-0.15, -0.1) is 5.10 Å². The summed E-state index contributed by atoms with van der Waals surface area (Å²) < 4.78 is 0. The van der Waals surface area contributed by atoms with E-state index >= 15 is 0 Å². The maximum atomic E-state index is 11.4. The van der Waals surface area contributed by atoms with Gasteiger partial charge in [0, 0.05) is 5.02 Å². The van der Waals surface area contributed by atoms with Crippen LogP contribution in [0.15, 0.2) is 34.5 Å². The first-order valence-corrected chi connectivity index (χ1v) is 6.86. The van der Waals surface area contributed by atoms with Crippen LogP contribution in [-0.4, -0.2) is 33.6 Å². The maximum Gasteiger partial charge on any atom is 0.305 e. The molecule has 0 aromatic heterocycles. The molecule has 0 spiro atoms. The van der Waals surface area contributed by atoms with Crippen molar-refractivity contribution in [2.75, 3.05) is 0 Å². The molecule has 0 bridgehead atoms. The summed E-state index contributed by atoms with van der Waals surface area (Å²) in [5, 5.41) is 19.1. The van der Waals surface area contributed by atoms with Crippen LogP contribution in [0, 0.1) is 0 Å². The van der Waals surface area contributed by atoms with Crippen LogP contribution in [0.2, 0.25) is 5.02 Å². The molecule has 1 aliphatic rings. The molecule has 1 aromatic carbocycles. The van der Waals surface area contributed by atoms with Gasteiger partial charge in [0.1, 0.15) is 5.25 Å². The third-order valence-corrected chi connectivity index (χ3v) is 3.69. The van der Waals surface area contributed by atoms with E-state index in [1.165, 1.54) is 6.21 Å². The predicted octanol–water partition coefficient (Wildman–Crippen LogP) is 1.74. The van der Waals surface area contributed by atoms with E-state index in [1.54, 1.807) is 24.3 Å². The molecule has 1 aromatic rings. The van der Waals surface area contributed by atoms with Crippen molar-refractivity contribution in [3.8, 4) is 0 Å². The number of halogens is 1. The number of thioether (sulfide) groups is 1. The molecule has 1 amide bonds. The Kier molecular flexibility index (Phi) is 4.75. The minimum atomic E-state index is -1.02. The summed E-state index contributed by atoms with van der Waals surface area (Å²) in [6.45, 7) is 0. The molecule has 6 nitrogen and oxygen atoms in total. The van der Waals surface area contributed by atoms with E-state index in [0.717, 1.165) is 17.3 Å². The highest BCUT2D eigenvalue weighted by molar-refractivity contribution is 8.15. The van der Waals surface area contributed by atoms with E-state index in [9.17, 15) is 9.59 Å². The maximum absolute atomic E-state index is 11.4. The molecule has 0 saturated carbocycles. The minimum absolute atomic E-state index is 0.240. The first kappa shape index (κ1) is 14.5. The van der Waals surface area contributed by atoms with Gasteiger partial charge in [0.2, 0.25) is 5.91 Å². The van der Waals surface area contributed by atoms with Crippen molar-refractivity contribution in [2.45, 2.75) is 11.7 Å². The van der Waals surface area contributed by atoms with Crippen LogP contribution in [0.25, 0.3) is 0 Å². The Labute approximate surface area is 123 Å². The van der Waals surface area contributed by atoms with Crippen molar-refractivity contribution in [1.82, 2.24) is 5.32 Å². The van der Waals surface area contributed by atoms with Gasteiger partial charge < -0.3 is 10.4 Å². The predicted molar refractivity (Wildman–Crippen MR) is 78.3 cm³/mol. The zero-order valence-corrected chi connectivity index (χ0v) is 11.7. The molecule has 2 rings (SSSR count). The number of carboxylic acid groups (broad SMARTS) is 1. The molecular weight excluding hydrogens is 302 g/mol. The molecule has 104 valence electrons. The second-order valence-electron chi connectivity index (χ2n) is 3.89. The average molecular weight is 312 g/mol. The molecular formula is C12H10ClN3O3S. The number of amides is 1. The first-order chi connectivity index (χ1) is 9.54. The number of carboxylic acids is 1. The number of carbonyl (C=O) groups excluding carboxylic acids is 1. The highest BCUT2D eigenvalue weighted by Gasteiger charge is 2.32. The Hall–Kier alpha value is -1.86. The number of benzene rings is 1. The van der Waals surface area contributed by atoms with Gasteiger partial charge in [-0.1, -0.05) is 35.5 Å². The first-order valence-electron chi connectivity index (χ1n) is 5.60. The molecule has 8 heteroatoms. The van der Waals surface area contributed by atoms with E-state index in [4.69, 9.17) is 16.7 Å². The molecule has 1 atom stereocenters. The molecule has 1 fully saturated rings. The topological polar surface area (TPSA) is 91.1 Å². The lowest BCUT2D eigenvalue weighted by Gasteiger charge is -1.97. The molecule has 0 aliphatic carbocycles. The standard InChI is InChI=1S/C12H10ClN3O3S/c13-8-3-1-7(2-4-8)6-14-16-12-15-11(19)9(20-12)5-10(17)18/h1-4,6,9H,5H2,(H,17,18)(H,15,16,19)/b14-6-/t9-/m1/s1. The van der Waals surface area contributed by atoms with Crippen LogP contribution in [0.5, 0.6) is 0 Å². The Balaban J connectivity index is 1.97. The van der Waals surface area contributed by atoms with Crippen LogP contribution in [0.4, 0.5) is 0 Å². The zero-order valence-electron chi connectivity index (χ0n) is 10.1. The van der Waals surface area contributed by atoms with Crippen molar-refractivity contribution >= 4 is 46.6 Å². The second kappa shape index (κ2) is 6.53. The number of amidine groups is 1. The SMILES string of the molecule is O=C(O)C[C@H]1SC(=N/N=C\c2ccc(Cl)cc2)NC1=O. The van der Waals surface area contributed by atoms with Crippen LogP contribution >= 0.6 is 23.4 Å². The van der Waals surface area contributed by atoms with Gasteiger partial charge in [0.25, 0.3) is 0 Å². The van der Waals surface area contributed by atoms with Gasteiger partial charge in [0.15, 0.2) is 5.17 Å². The lowest BCUT2D eigenvalue weighted by Crippen LogP contribution is -2.26. The van der Waals surface area contributed by atoms with Gasteiger partial charge in [-0.25, -0.2) is 0 Å². The van der Waals surface area contributed by atoms with E-state index in [-0.39, 0.29) is 12.3 Å². The lowest BCUT2D eigenvalue weighted by atomic mass is 10.2. The van der Waals surface area contributed by atoms with Crippen molar-refractivity contribution in [1.29, 1.82) is 0 Å². The highest BCUT2D eigenvalue weighted by atomic mass is 35.5. The van der Waals surface area contributed by atoms with Crippen molar-refractivity contribution < 1.29 is 14.7 Å². The smallest absolute Gasteiger partial charge is 0.305 e. The largest absolute Gasteiger partial charge is 0.481 e. The Morgan fingerprint density at radius 3 is 2.80 bits per heavy atom. The number of nitrogens with one attached hydrogen (secondary N) is 1. The average Bonchev–Trinajstić information content (AvgIpc) is 2.72. The van der Waals surface area contributed by atoms with Gasteiger partial charge >= 0.3 is 5.97 Å². The minimum Gasteiger partial charge on any atom is -0.481 e. The van der Waals surface area contributed by atoms with Crippen molar-refractivity contribution in [3.05, 3.63) is 34.9 Å². The fourth-order valence-electron chi connectivity index (χ4n) is 1.44. The normalized spacial score (nSPS) is 20.6. The summed E-state index contributed by atoms with van der Waals surface area (Å²) >= 11 is 6.81. The van der Waals surface area contributed by atoms with Crippen LogP contribution in [0.3, 0.4) is 0 Å². The van der Waals surface area contributed by atoms with E-state index in [2.05, 4.69) is 15.5 Å². The number of rotatable bonds is 4. The second-order valence-corrected chi connectivity index (χ2v) is 5.52. The third-order valence-electron chi connectivity index (χ3n) is 2.36. The number of hydrogen-bond donors (Lipinski definition) is 2. The highest BCUT2D eigenvalue weighted by Crippen LogP contribution is 2.22. The number of nitrogens with zero attached hydrogens (tertiary/aromatic N) is 2. The summed E-state index contributed by atoms with van der Waals surface area (Å²) in [6.07, 6.45) is 1.27. The summed E-state index contributed by atoms with van der Waals surface area (Å²) in [5.41, 5.74) is 0.815. The van der Waals surface area contributed by atoms with Gasteiger partial charge in [0.05, 0.1) is 12.6 Å². The van der Waals surface area contributed by atoms with E-state index in [0.29, 0.717) is 10.2 Å². The van der Waals surface area contributed by atoms with E-state index < -0.39 is 11.2 Å². The Morgan fingerprint density at radius 2 is 2.15 bits per heavy atom. The molecule has 0 radical (unpaired) electrons. The molecule has 20 heavy (non-hydrogen) atoms. The quantitative estimate of drug-likeness (QED) is 0.654. The Morgan fingerprint density at radius 1 is 1.45 bits per heavy atom. The van der Waals surface area contributed by atoms with Crippen LogP contribution in [-0.2, 0) is 9.59 Å². The Bertz CT molecular complexity index is 586. The number of carbonyl (C=O) groups is 2. The summed E-state index contributed by atoms with van der Waals surface area (Å²) in [4.78, 5) is 22.0. The summed E-state index contributed by atoms with van der Waals surface area (Å²) in [7, 11) is 0. The third kappa shape index (κ3) is 4.07. The number of aliphatic carboxylic acids is 1. The summed E-state index contributed by atoms with van der Waals surface area (Å²) in [5.74, 6) is -1.39. The molecule has 1 heterocycles. The lowest BCUT2D eigenvalue weighted by molar-refractivity contribution is -0.138. The fourth-order valence-corrected chi connectivity index (χ4v) is 2.48. The molecule has 1 aliphatic heterocycles. The van der Waals surface area contributed by atoms with Crippen LogP contribution in [0.1, 0.15) is 12.0 Å². The van der Waals surface area contributed by atoms with Gasteiger partial charge in [-0.2, -0.15) is 5.10 Å². The van der Waals surface area contributed by atoms with Crippen molar-refractivity contribution in [3.63, 3.8) is 0 Å².